The largest absolute Gasteiger partial charge is 0.491 e. The molecule has 3 rings (SSSR count). The van der Waals surface area contributed by atoms with Crippen LogP contribution in [0.25, 0.3) is 22.2 Å². The number of hydrogen-bond acceptors (Lipinski definition) is 6. The van der Waals surface area contributed by atoms with Crippen LogP contribution in [0.2, 0.25) is 18.1 Å². The Kier molecular flexibility index (Phi) is 8.83. The number of amides is 1. The van der Waals surface area contributed by atoms with Crippen molar-refractivity contribution in [1.82, 2.24) is 9.97 Å². The van der Waals surface area contributed by atoms with E-state index < -0.39 is 32.8 Å². The second kappa shape index (κ2) is 11.4. The summed E-state index contributed by atoms with van der Waals surface area (Å²) in [5, 5.41) is 0.902. The van der Waals surface area contributed by atoms with Crippen LogP contribution in [0.15, 0.2) is 48.7 Å². The van der Waals surface area contributed by atoms with Gasteiger partial charge in [-0.2, -0.15) is 0 Å². The van der Waals surface area contributed by atoms with Crippen LogP contribution in [0, 0.1) is 0 Å². The van der Waals surface area contributed by atoms with E-state index in [0.29, 0.717) is 11.6 Å². The first-order valence-electron chi connectivity index (χ1n) is 12.8. The summed E-state index contributed by atoms with van der Waals surface area (Å²) in [7, 11) is -0.471. The maximum absolute atomic E-state index is 13.7. The minimum absolute atomic E-state index is 0.00337. The third kappa shape index (κ3) is 7.51. The van der Waals surface area contributed by atoms with Crippen LogP contribution in [-0.4, -0.2) is 56.4 Å². The van der Waals surface area contributed by atoms with Gasteiger partial charge in [0.15, 0.2) is 8.32 Å². The van der Waals surface area contributed by atoms with Gasteiger partial charge in [0.1, 0.15) is 36.6 Å². The van der Waals surface area contributed by atoms with Crippen molar-refractivity contribution in [3.8, 4) is 17.0 Å². The van der Waals surface area contributed by atoms with Gasteiger partial charge in [0.25, 0.3) is 0 Å². The van der Waals surface area contributed by atoms with Crippen molar-refractivity contribution in [3.63, 3.8) is 0 Å². The van der Waals surface area contributed by atoms with Gasteiger partial charge in [-0.3, -0.25) is 4.90 Å². The van der Waals surface area contributed by atoms with E-state index in [0.717, 1.165) is 22.2 Å². The zero-order chi connectivity index (χ0) is 28.3. The summed E-state index contributed by atoms with van der Waals surface area (Å²) in [6.45, 7) is 15.6. The standard InChI is InChI=1S/C29H40FN3O4Si/c1-28(2,3)36-27(34)33(7)26-15-11-21(18-31-26)25-13-10-20-16-22(12-14-24(20)32-25)35-19-23(17-30)37-38(8,9)29(4,5)6/h10-16,18,23H,17,19H2,1-9H3/t23-/m1/s1. The molecular formula is C29H40FN3O4Si. The van der Waals surface area contributed by atoms with E-state index in [2.05, 4.69) is 38.8 Å². The Morgan fingerprint density at radius 2 is 1.76 bits per heavy atom. The molecule has 2 aromatic heterocycles. The number of benzene rings is 1. The van der Waals surface area contributed by atoms with Crippen LogP contribution < -0.4 is 9.64 Å². The Hall–Kier alpha value is -3.04. The molecular weight excluding hydrogens is 501 g/mol. The number of hydrogen-bond donors (Lipinski definition) is 0. The molecule has 206 valence electrons. The lowest BCUT2D eigenvalue weighted by molar-refractivity contribution is 0.0588. The average Bonchev–Trinajstić information content (AvgIpc) is 2.84. The number of ether oxygens (including phenoxy) is 2. The summed E-state index contributed by atoms with van der Waals surface area (Å²) < 4.78 is 31.2. The van der Waals surface area contributed by atoms with Crippen molar-refractivity contribution < 1.29 is 23.1 Å². The molecule has 0 aliphatic rings. The summed E-state index contributed by atoms with van der Waals surface area (Å²) in [6, 6.07) is 13.1. The highest BCUT2D eigenvalue weighted by atomic mass is 28.4. The zero-order valence-corrected chi connectivity index (χ0v) is 25.0. The van der Waals surface area contributed by atoms with Gasteiger partial charge in [0.2, 0.25) is 0 Å². The van der Waals surface area contributed by atoms with Gasteiger partial charge in [-0.25, -0.2) is 19.2 Å². The fourth-order valence-electron chi connectivity index (χ4n) is 3.41. The van der Waals surface area contributed by atoms with Crippen LogP contribution in [0.4, 0.5) is 15.0 Å². The molecule has 0 spiro atoms. The summed E-state index contributed by atoms with van der Waals surface area (Å²) in [5.41, 5.74) is 1.79. The van der Waals surface area contributed by atoms with Crippen LogP contribution in [0.3, 0.4) is 0 Å². The van der Waals surface area contributed by atoms with E-state index in [1.165, 1.54) is 4.90 Å². The molecule has 0 fully saturated rings. The van der Waals surface area contributed by atoms with E-state index in [9.17, 15) is 9.18 Å². The first-order chi connectivity index (χ1) is 17.6. The van der Waals surface area contributed by atoms with Crippen molar-refractivity contribution in [3.05, 3.63) is 48.7 Å². The Labute approximate surface area is 226 Å². The van der Waals surface area contributed by atoms with Crippen molar-refractivity contribution >= 4 is 31.1 Å². The minimum atomic E-state index is -2.10. The first kappa shape index (κ1) is 29.5. The predicted octanol–water partition coefficient (Wildman–Crippen LogP) is 7.41. The molecule has 9 heteroatoms. The molecule has 0 N–H and O–H groups in total. The molecule has 0 bridgehead atoms. The fraction of sp³-hybridized carbons (Fsp3) is 0.483. The van der Waals surface area contributed by atoms with Crippen molar-refractivity contribution in [2.24, 2.45) is 0 Å². The predicted molar refractivity (Wildman–Crippen MR) is 153 cm³/mol. The van der Waals surface area contributed by atoms with Crippen LogP contribution in [0.1, 0.15) is 41.5 Å². The average molecular weight is 542 g/mol. The van der Waals surface area contributed by atoms with Gasteiger partial charge < -0.3 is 13.9 Å². The van der Waals surface area contributed by atoms with E-state index in [1.807, 2.05) is 57.2 Å². The molecule has 0 saturated carbocycles. The van der Waals surface area contributed by atoms with E-state index in [4.69, 9.17) is 18.9 Å². The normalized spacial score (nSPS) is 13.3. The first-order valence-corrected chi connectivity index (χ1v) is 15.7. The van der Waals surface area contributed by atoms with Gasteiger partial charge in [0.05, 0.1) is 11.2 Å². The molecule has 0 aliphatic carbocycles. The quantitative estimate of drug-likeness (QED) is 0.277. The molecule has 1 amide bonds. The summed E-state index contributed by atoms with van der Waals surface area (Å²) in [6.07, 6.45) is 0.613. The number of fused-ring (bicyclic) bond motifs is 1. The highest BCUT2D eigenvalue weighted by Gasteiger charge is 2.39. The lowest BCUT2D eigenvalue weighted by atomic mass is 10.1. The number of anilines is 1. The van der Waals surface area contributed by atoms with Gasteiger partial charge in [-0.15, -0.1) is 0 Å². The summed E-state index contributed by atoms with van der Waals surface area (Å²) in [5.74, 6) is 1.12. The minimum Gasteiger partial charge on any atom is -0.491 e. The smallest absolute Gasteiger partial charge is 0.415 e. The van der Waals surface area contributed by atoms with Crippen LogP contribution >= 0.6 is 0 Å². The number of halogens is 1. The molecule has 1 aromatic carbocycles. The topological polar surface area (TPSA) is 73.8 Å². The van der Waals surface area contributed by atoms with Gasteiger partial charge in [0, 0.05) is 24.2 Å². The zero-order valence-electron chi connectivity index (χ0n) is 24.0. The lowest BCUT2D eigenvalue weighted by Crippen LogP contribution is -2.46. The molecule has 0 radical (unpaired) electrons. The summed E-state index contributed by atoms with van der Waals surface area (Å²) >= 11 is 0. The van der Waals surface area contributed by atoms with Crippen LogP contribution in [0.5, 0.6) is 5.75 Å². The lowest BCUT2D eigenvalue weighted by Gasteiger charge is -2.38. The molecule has 7 nitrogen and oxygen atoms in total. The Balaban J connectivity index is 1.69. The Morgan fingerprint density at radius 1 is 1.05 bits per heavy atom. The number of aromatic nitrogens is 2. The number of pyridine rings is 2. The molecule has 1 atom stereocenters. The molecule has 38 heavy (non-hydrogen) atoms. The second-order valence-corrected chi connectivity index (χ2v) is 16.7. The molecule has 0 unspecified atom stereocenters. The van der Waals surface area contributed by atoms with Crippen molar-refractivity contribution in [2.45, 2.75) is 71.4 Å². The Morgan fingerprint density at radius 3 is 2.34 bits per heavy atom. The monoisotopic (exact) mass is 541 g/mol. The Bertz CT molecular complexity index is 1250. The number of alkyl halides is 1. The third-order valence-electron chi connectivity index (χ3n) is 6.59. The maximum Gasteiger partial charge on any atom is 0.415 e. The van der Waals surface area contributed by atoms with Crippen molar-refractivity contribution in [1.29, 1.82) is 0 Å². The van der Waals surface area contributed by atoms with Crippen LogP contribution in [-0.2, 0) is 9.16 Å². The SMILES string of the molecule is CN(C(=O)OC(C)(C)C)c1ccc(-c2ccc3cc(OC[C@@H](CF)O[Si](C)(C)C(C)(C)C)ccc3n2)cn1. The van der Waals surface area contributed by atoms with E-state index >= 15 is 0 Å². The fourth-order valence-corrected chi connectivity index (χ4v) is 4.72. The van der Waals surface area contributed by atoms with E-state index in [-0.39, 0.29) is 11.6 Å². The van der Waals surface area contributed by atoms with Crippen molar-refractivity contribution in [2.75, 3.05) is 25.2 Å². The second-order valence-electron chi connectivity index (χ2n) is 12.0. The molecule has 0 aliphatic heterocycles. The van der Waals surface area contributed by atoms with Gasteiger partial charge in [-0.05, 0) is 75.3 Å². The third-order valence-corrected chi connectivity index (χ3v) is 11.1. The number of carbonyl (C=O) groups is 1. The van der Waals surface area contributed by atoms with Gasteiger partial charge >= 0.3 is 6.09 Å². The molecule has 3 aromatic rings. The number of rotatable bonds is 8. The molecule has 2 heterocycles. The summed E-state index contributed by atoms with van der Waals surface area (Å²) in [4.78, 5) is 22.8. The molecule has 0 saturated heterocycles. The maximum atomic E-state index is 13.7. The van der Waals surface area contributed by atoms with Gasteiger partial charge in [-0.1, -0.05) is 26.8 Å². The number of nitrogens with zero attached hydrogens (tertiary/aromatic N) is 3. The van der Waals surface area contributed by atoms with E-state index in [1.54, 1.807) is 19.3 Å². The highest BCUT2D eigenvalue weighted by Crippen LogP contribution is 2.37. The number of carbonyl (C=O) groups excluding carboxylic acids is 1. The highest BCUT2D eigenvalue weighted by molar-refractivity contribution is 6.74.